The first-order chi connectivity index (χ1) is 11.3. The predicted molar refractivity (Wildman–Crippen MR) is 88.9 cm³/mol. The van der Waals surface area contributed by atoms with Crippen molar-refractivity contribution in [2.75, 3.05) is 19.7 Å². The second kappa shape index (κ2) is 7.75. The second-order valence-corrected chi connectivity index (χ2v) is 5.98. The Morgan fingerprint density at radius 1 is 1.13 bits per heavy atom. The van der Waals surface area contributed by atoms with E-state index in [9.17, 15) is 0 Å². The van der Waals surface area contributed by atoms with E-state index in [4.69, 9.17) is 10.00 Å². The lowest BCUT2D eigenvalue weighted by Crippen LogP contribution is -2.35. The smallest absolute Gasteiger partial charge is 0.231 e. The molecule has 1 aromatic heterocycles. The van der Waals surface area contributed by atoms with Crippen LogP contribution in [-0.2, 0) is 6.54 Å². The fraction of sp³-hybridized carbons (Fsp3) is 0.368. The van der Waals surface area contributed by atoms with Gasteiger partial charge in [-0.25, -0.2) is 4.98 Å². The highest BCUT2D eigenvalue weighted by molar-refractivity contribution is 5.36. The highest BCUT2D eigenvalue weighted by Crippen LogP contribution is 2.21. The number of benzene rings is 1. The van der Waals surface area contributed by atoms with Gasteiger partial charge in [0.25, 0.3) is 0 Å². The quantitative estimate of drug-likeness (QED) is 0.851. The van der Waals surface area contributed by atoms with Crippen molar-refractivity contribution in [1.82, 2.24) is 9.88 Å². The minimum absolute atomic E-state index is 0.460. The SMILES string of the molecule is N#Cc1cccnc1OCC1CCN(Cc2ccccc2)CC1. The molecule has 23 heavy (non-hydrogen) atoms. The number of pyridine rings is 1. The zero-order valence-corrected chi connectivity index (χ0v) is 13.2. The highest BCUT2D eigenvalue weighted by Gasteiger charge is 2.20. The maximum atomic E-state index is 9.05. The first-order valence-electron chi connectivity index (χ1n) is 8.09. The van der Waals surface area contributed by atoms with E-state index in [1.165, 1.54) is 5.56 Å². The van der Waals surface area contributed by atoms with Crippen LogP contribution in [0.25, 0.3) is 0 Å². The minimum atomic E-state index is 0.460. The van der Waals surface area contributed by atoms with Gasteiger partial charge in [0.1, 0.15) is 11.6 Å². The summed E-state index contributed by atoms with van der Waals surface area (Å²) in [5, 5.41) is 9.05. The first-order valence-corrected chi connectivity index (χ1v) is 8.09. The number of hydrogen-bond donors (Lipinski definition) is 0. The molecular formula is C19H21N3O. The van der Waals surface area contributed by atoms with Crippen LogP contribution in [0.5, 0.6) is 5.88 Å². The van der Waals surface area contributed by atoms with Gasteiger partial charge in [-0.1, -0.05) is 30.3 Å². The molecule has 2 heterocycles. The summed E-state index contributed by atoms with van der Waals surface area (Å²) in [5.74, 6) is 0.997. The fourth-order valence-corrected chi connectivity index (χ4v) is 2.94. The summed E-state index contributed by atoms with van der Waals surface area (Å²) in [6, 6.07) is 16.2. The molecule has 1 fully saturated rings. The molecule has 0 unspecified atom stereocenters. The molecule has 1 aliphatic rings. The predicted octanol–water partition coefficient (Wildman–Crippen LogP) is 3.24. The van der Waals surface area contributed by atoms with Gasteiger partial charge in [-0.15, -0.1) is 0 Å². The van der Waals surface area contributed by atoms with E-state index in [1.807, 2.05) is 0 Å². The summed E-state index contributed by atoms with van der Waals surface area (Å²) in [5.41, 5.74) is 1.88. The topological polar surface area (TPSA) is 49.1 Å². The summed E-state index contributed by atoms with van der Waals surface area (Å²) in [6.07, 6.45) is 3.92. The standard InChI is InChI=1S/C19H21N3O/c20-13-18-7-4-10-21-19(18)23-15-17-8-11-22(12-9-17)14-16-5-2-1-3-6-16/h1-7,10,17H,8-9,11-12,14-15H2. The molecule has 0 amide bonds. The van der Waals surface area contributed by atoms with Gasteiger partial charge in [-0.05, 0) is 49.5 Å². The van der Waals surface area contributed by atoms with Crippen LogP contribution in [0.2, 0.25) is 0 Å². The van der Waals surface area contributed by atoms with Gasteiger partial charge in [0.2, 0.25) is 5.88 Å². The molecule has 0 N–H and O–H groups in total. The van der Waals surface area contributed by atoms with Gasteiger partial charge in [0.15, 0.2) is 0 Å². The van der Waals surface area contributed by atoms with Gasteiger partial charge in [-0.2, -0.15) is 5.26 Å². The van der Waals surface area contributed by atoms with Crippen molar-refractivity contribution in [3.63, 3.8) is 0 Å². The monoisotopic (exact) mass is 307 g/mol. The number of hydrogen-bond acceptors (Lipinski definition) is 4. The van der Waals surface area contributed by atoms with Crippen LogP contribution in [0.3, 0.4) is 0 Å². The molecule has 0 bridgehead atoms. The number of likely N-dealkylation sites (tertiary alicyclic amines) is 1. The molecule has 4 heteroatoms. The maximum Gasteiger partial charge on any atom is 0.231 e. The molecule has 0 aliphatic carbocycles. The molecule has 0 saturated carbocycles. The second-order valence-electron chi connectivity index (χ2n) is 5.98. The fourth-order valence-electron chi connectivity index (χ4n) is 2.94. The third-order valence-corrected chi connectivity index (χ3v) is 4.30. The molecule has 1 aliphatic heterocycles. The van der Waals surface area contributed by atoms with Gasteiger partial charge < -0.3 is 4.74 Å². The Bertz CT molecular complexity index is 658. The Morgan fingerprint density at radius 2 is 1.91 bits per heavy atom. The molecule has 1 aromatic carbocycles. The summed E-state index contributed by atoms with van der Waals surface area (Å²) in [7, 11) is 0. The first kappa shape index (κ1) is 15.5. The molecule has 0 atom stereocenters. The Hall–Kier alpha value is -2.38. The van der Waals surface area contributed by atoms with Crippen LogP contribution in [0.4, 0.5) is 0 Å². The van der Waals surface area contributed by atoms with Crippen LogP contribution < -0.4 is 4.74 Å². The lowest BCUT2D eigenvalue weighted by atomic mass is 9.97. The van der Waals surface area contributed by atoms with Crippen LogP contribution in [0.1, 0.15) is 24.0 Å². The zero-order valence-electron chi connectivity index (χ0n) is 13.2. The van der Waals surface area contributed by atoms with E-state index in [2.05, 4.69) is 46.3 Å². The lowest BCUT2D eigenvalue weighted by Gasteiger charge is -2.31. The lowest BCUT2D eigenvalue weighted by molar-refractivity contribution is 0.134. The average Bonchev–Trinajstić information content (AvgIpc) is 2.62. The maximum absolute atomic E-state index is 9.05. The van der Waals surface area contributed by atoms with Crippen molar-refractivity contribution in [2.24, 2.45) is 5.92 Å². The Kier molecular flexibility index (Phi) is 5.23. The Morgan fingerprint density at radius 3 is 2.65 bits per heavy atom. The van der Waals surface area contributed by atoms with Crippen LogP contribution >= 0.6 is 0 Å². The summed E-state index contributed by atoms with van der Waals surface area (Å²) < 4.78 is 5.77. The number of nitriles is 1. The van der Waals surface area contributed by atoms with Crippen LogP contribution in [0, 0.1) is 17.2 Å². The third-order valence-electron chi connectivity index (χ3n) is 4.30. The Labute approximate surface area is 137 Å². The van der Waals surface area contributed by atoms with Gasteiger partial charge >= 0.3 is 0 Å². The number of ether oxygens (including phenoxy) is 1. The van der Waals surface area contributed by atoms with Gasteiger partial charge in [0, 0.05) is 12.7 Å². The highest BCUT2D eigenvalue weighted by atomic mass is 16.5. The molecule has 4 nitrogen and oxygen atoms in total. The summed E-state index contributed by atoms with van der Waals surface area (Å²) >= 11 is 0. The molecule has 0 spiro atoms. The molecule has 118 valence electrons. The average molecular weight is 307 g/mol. The van der Waals surface area contributed by atoms with Crippen molar-refractivity contribution in [3.05, 3.63) is 59.8 Å². The van der Waals surface area contributed by atoms with Crippen molar-refractivity contribution in [2.45, 2.75) is 19.4 Å². The van der Waals surface area contributed by atoms with E-state index in [-0.39, 0.29) is 0 Å². The third kappa shape index (κ3) is 4.30. The van der Waals surface area contributed by atoms with E-state index in [1.54, 1.807) is 18.3 Å². The van der Waals surface area contributed by atoms with Crippen LogP contribution in [0.15, 0.2) is 48.7 Å². The molecule has 0 radical (unpaired) electrons. The molecule has 3 rings (SSSR count). The van der Waals surface area contributed by atoms with Crippen LogP contribution in [-0.4, -0.2) is 29.6 Å². The van der Waals surface area contributed by atoms with Crippen molar-refractivity contribution < 1.29 is 4.74 Å². The van der Waals surface area contributed by atoms with Gasteiger partial charge in [-0.3, -0.25) is 4.90 Å². The largest absolute Gasteiger partial charge is 0.476 e. The molecule has 1 saturated heterocycles. The van der Waals surface area contributed by atoms with E-state index in [0.717, 1.165) is 32.5 Å². The molecular weight excluding hydrogens is 286 g/mol. The zero-order chi connectivity index (χ0) is 15.9. The van der Waals surface area contributed by atoms with E-state index in [0.29, 0.717) is 24.0 Å². The minimum Gasteiger partial charge on any atom is -0.476 e. The van der Waals surface area contributed by atoms with Crippen molar-refractivity contribution >= 4 is 0 Å². The summed E-state index contributed by atoms with van der Waals surface area (Å²) in [6.45, 7) is 3.85. The number of aromatic nitrogens is 1. The molecule has 2 aromatic rings. The Balaban J connectivity index is 1.45. The summed E-state index contributed by atoms with van der Waals surface area (Å²) in [4.78, 5) is 6.64. The normalized spacial score (nSPS) is 16.0. The van der Waals surface area contributed by atoms with E-state index >= 15 is 0 Å². The number of rotatable bonds is 5. The van der Waals surface area contributed by atoms with Crippen molar-refractivity contribution in [1.29, 1.82) is 5.26 Å². The van der Waals surface area contributed by atoms with Gasteiger partial charge in [0.05, 0.1) is 6.61 Å². The number of piperidine rings is 1. The van der Waals surface area contributed by atoms with E-state index < -0.39 is 0 Å². The number of nitrogens with zero attached hydrogens (tertiary/aromatic N) is 3. The van der Waals surface area contributed by atoms with Crippen molar-refractivity contribution in [3.8, 4) is 11.9 Å².